The van der Waals surface area contributed by atoms with Crippen molar-refractivity contribution in [1.82, 2.24) is 14.8 Å². The Bertz CT molecular complexity index is 1190. The molecule has 0 unspecified atom stereocenters. The summed E-state index contributed by atoms with van der Waals surface area (Å²) in [4.78, 5) is 40.5. The number of pyridine rings is 1. The second-order valence-electron chi connectivity index (χ2n) is 8.51. The number of benzene rings is 1. The summed E-state index contributed by atoms with van der Waals surface area (Å²) in [5.41, 5.74) is -1.08. The Kier molecular flexibility index (Phi) is 4.39. The van der Waals surface area contributed by atoms with E-state index in [0.717, 1.165) is 25.3 Å². The first-order valence-electron chi connectivity index (χ1n) is 10.4. The summed E-state index contributed by atoms with van der Waals surface area (Å²) in [5, 5.41) is 13.2. The molecule has 31 heavy (non-hydrogen) atoms. The SMILES string of the molecule is O=C(NCc1ccc(F)cc1F)c1c2n3c(c(O)c1=O)C(=O)N1CCCC[C@@]3(CC2)C1. The zero-order chi connectivity index (χ0) is 21.9. The molecule has 2 aromatic rings. The summed E-state index contributed by atoms with van der Waals surface area (Å²) in [6, 6.07) is 3.01. The Morgan fingerprint density at radius 2 is 2.00 bits per heavy atom. The fourth-order valence-corrected chi connectivity index (χ4v) is 5.27. The minimum Gasteiger partial charge on any atom is -0.503 e. The Balaban J connectivity index is 1.57. The highest BCUT2D eigenvalue weighted by Gasteiger charge is 2.50. The van der Waals surface area contributed by atoms with E-state index in [-0.39, 0.29) is 23.4 Å². The molecule has 0 aliphatic carbocycles. The molecule has 1 fully saturated rings. The number of amides is 2. The fraction of sp³-hybridized carbons (Fsp3) is 0.409. The van der Waals surface area contributed by atoms with Crippen molar-refractivity contribution < 1.29 is 23.5 Å². The first-order valence-corrected chi connectivity index (χ1v) is 10.4. The molecular formula is C22H21F2N3O4. The molecule has 2 amide bonds. The maximum absolute atomic E-state index is 13.9. The van der Waals surface area contributed by atoms with Gasteiger partial charge >= 0.3 is 0 Å². The lowest BCUT2D eigenvalue weighted by Crippen LogP contribution is -2.52. The number of carbonyl (C=O) groups excluding carboxylic acids is 2. The third-order valence-corrected chi connectivity index (χ3v) is 6.73. The summed E-state index contributed by atoms with van der Waals surface area (Å²) in [7, 11) is 0. The first kappa shape index (κ1) is 19.7. The smallest absolute Gasteiger partial charge is 0.274 e. The van der Waals surface area contributed by atoms with Crippen LogP contribution in [0.1, 0.15) is 57.8 Å². The van der Waals surface area contributed by atoms with E-state index < -0.39 is 40.2 Å². The van der Waals surface area contributed by atoms with Gasteiger partial charge in [0.05, 0.1) is 5.54 Å². The predicted octanol–water partition coefficient (Wildman–Crippen LogP) is 2.04. The summed E-state index contributed by atoms with van der Waals surface area (Å²) in [5.74, 6) is -3.40. The molecule has 0 radical (unpaired) electrons. The minimum atomic E-state index is -0.899. The minimum absolute atomic E-state index is 0.0354. The van der Waals surface area contributed by atoms with Gasteiger partial charge in [-0.1, -0.05) is 6.07 Å². The standard InChI is InChI=1S/C22H21F2N3O4/c23-13-4-3-12(14(24)9-13)10-25-20(30)16-15-5-7-22-6-1-2-8-26(11-22)21(31)17(27(15)22)19(29)18(16)28/h3-4,9,29H,1-2,5-8,10-11H2,(H,25,30)/t22-/m1/s1. The highest BCUT2D eigenvalue weighted by atomic mass is 19.1. The van der Waals surface area contributed by atoms with Crippen molar-refractivity contribution in [3.63, 3.8) is 0 Å². The lowest BCUT2D eigenvalue weighted by atomic mass is 9.89. The van der Waals surface area contributed by atoms with Gasteiger partial charge in [-0.05, 0) is 38.2 Å². The van der Waals surface area contributed by atoms with Gasteiger partial charge < -0.3 is 19.9 Å². The molecule has 1 spiro atoms. The van der Waals surface area contributed by atoms with Crippen LogP contribution in [-0.4, -0.2) is 39.5 Å². The van der Waals surface area contributed by atoms with E-state index in [1.54, 1.807) is 9.47 Å². The van der Waals surface area contributed by atoms with E-state index >= 15 is 0 Å². The Morgan fingerprint density at radius 1 is 1.19 bits per heavy atom. The molecular weight excluding hydrogens is 408 g/mol. The number of nitrogens with one attached hydrogen (secondary N) is 1. The number of hydrogen-bond acceptors (Lipinski definition) is 4. The summed E-state index contributed by atoms with van der Waals surface area (Å²) in [6.07, 6.45) is 3.64. The molecule has 1 atom stereocenters. The molecule has 162 valence electrons. The van der Waals surface area contributed by atoms with Gasteiger partial charge in [-0.3, -0.25) is 14.4 Å². The van der Waals surface area contributed by atoms with Crippen molar-refractivity contribution in [2.75, 3.05) is 13.1 Å². The highest BCUT2D eigenvalue weighted by molar-refractivity contribution is 6.00. The quantitative estimate of drug-likeness (QED) is 0.781. The van der Waals surface area contributed by atoms with Gasteiger partial charge in [0.25, 0.3) is 11.8 Å². The number of aromatic hydroxyl groups is 1. The lowest BCUT2D eigenvalue weighted by molar-refractivity contribution is 0.0584. The molecule has 5 rings (SSSR count). The fourth-order valence-electron chi connectivity index (χ4n) is 5.27. The van der Waals surface area contributed by atoms with Crippen LogP contribution in [0.3, 0.4) is 0 Å². The second kappa shape index (κ2) is 6.90. The van der Waals surface area contributed by atoms with Crippen LogP contribution in [-0.2, 0) is 18.5 Å². The molecule has 2 N–H and O–H groups in total. The van der Waals surface area contributed by atoms with Crippen molar-refractivity contribution in [2.24, 2.45) is 0 Å². The van der Waals surface area contributed by atoms with E-state index in [9.17, 15) is 28.3 Å². The maximum atomic E-state index is 13.9. The number of rotatable bonds is 3. The van der Waals surface area contributed by atoms with Crippen molar-refractivity contribution in [2.45, 2.75) is 44.2 Å². The normalized spacial score (nSPS) is 21.6. The average Bonchev–Trinajstić information content (AvgIpc) is 2.97. The van der Waals surface area contributed by atoms with Crippen LogP contribution >= 0.6 is 0 Å². The lowest BCUT2D eigenvalue weighted by Gasteiger charge is -2.41. The molecule has 0 saturated carbocycles. The molecule has 3 aliphatic heterocycles. The van der Waals surface area contributed by atoms with E-state index in [2.05, 4.69) is 5.32 Å². The van der Waals surface area contributed by atoms with E-state index in [1.807, 2.05) is 0 Å². The second-order valence-corrected chi connectivity index (χ2v) is 8.51. The van der Waals surface area contributed by atoms with Crippen LogP contribution < -0.4 is 10.7 Å². The van der Waals surface area contributed by atoms with Crippen molar-refractivity contribution in [3.05, 3.63) is 62.6 Å². The summed E-state index contributed by atoms with van der Waals surface area (Å²) in [6.45, 7) is 0.829. The van der Waals surface area contributed by atoms with Gasteiger partial charge in [0.15, 0.2) is 11.4 Å². The van der Waals surface area contributed by atoms with Gasteiger partial charge in [-0.2, -0.15) is 0 Å². The third-order valence-electron chi connectivity index (χ3n) is 6.73. The van der Waals surface area contributed by atoms with E-state index in [4.69, 9.17) is 0 Å². The summed E-state index contributed by atoms with van der Waals surface area (Å²) >= 11 is 0. The molecule has 1 aromatic carbocycles. The molecule has 1 aromatic heterocycles. The topological polar surface area (TPSA) is 91.6 Å². The van der Waals surface area contributed by atoms with Crippen LogP contribution in [0.15, 0.2) is 23.0 Å². The van der Waals surface area contributed by atoms with E-state index in [1.165, 1.54) is 6.07 Å². The molecule has 9 heteroatoms. The van der Waals surface area contributed by atoms with Crippen LogP contribution in [0.2, 0.25) is 0 Å². The third kappa shape index (κ3) is 2.86. The van der Waals surface area contributed by atoms with Gasteiger partial charge in [-0.15, -0.1) is 0 Å². The van der Waals surface area contributed by atoms with E-state index in [0.29, 0.717) is 37.7 Å². The number of halogens is 2. The molecule has 2 bridgehead atoms. The van der Waals surface area contributed by atoms with Gasteiger partial charge in [0.2, 0.25) is 5.43 Å². The van der Waals surface area contributed by atoms with Gasteiger partial charge in [0.1, 0.15) is 17.2 Å². The predicted molar refractivity (Wildman–Crippen MR) is 106 cm³/mol. The largest absolute Gasteiger partial charge is 0.503 e. The van der Waals surface area contributed by atoms with Crippen molar-refractivity contribution in [3.8, 4) is 5.75 Å². The number of carbonyl (C=O) groups is 2. The Hall–Kier alpha value is -3.23. The van der Waals surface area contributed by atoms with Crippen LogP contribution in [0.5, 0.6) is 5.75 Å². The average molecular weight is 429 g/mol. The van der Waals surface area contributed by atoms with Crippen LogP contribution in [0, 0.1) is 11.6 Å². The van der Waals surface area contributed by atoms with Gasteiger partial charge in [0, 0.05) is 37.0 Å². The van der Waals surface area contributed by atoms with Crippen molar-refractivity contribution in [1.29, 1.82) is 0 Å². The number of aromatic nitrogens is 1. The molecule has 1 saturated heterocycles. The molecule has 3 aliphatic rings. The monoisotopic (exact) mass is 429 g/mol. The Morgan fingerprint density at radius 3 is 2.77 bits per heavy atom. The highest BCUT2D eigenvalue weighted by Crippen LogP contribution is 2.45. The number of fused-ring (bicyclic) bond motifs is 1. The summed E-state index contributed by atoms with van der Waals surface area (Å²) < 4.78 is 28.7. The Labute approximate surface area is 176 Å². The van der Waals surface area contributed by atoms with Crippen LogP contribution in [0.4, 0.5) is 8.78 Å². The number of nitrogens with zero attached hydrogens (tertiary/aromatic N) is 2. The van der Waals surface area contributed by atoms with Crippen LogP contribution in [0.25, 0.3) is 0 Å². The first-order chi connectivity index (χ1) is 14.8. The van der Waals surface area contributed by atoms with Crippen molar-refractivity contribution >= 4 is 11.8 Å². The zero-order valence-corrected chi connectivity index (χ0v) is 16.7. The van der Waals surface area contributed by atoms with Gasteiger partial charge in [-0.25, -0.2) is 8.78 Å². The number of hydrogen-bond donors (Lipinski definition) is 2. The molecule has 4 heterocycles. The maximum Gasteiger partial charge on any atom is 0.274 e. The zero-order valence-electron chi connectivity index (χ0n) is 16.7. The molecule has 7 nitrogen and oxygen atoms in total.